The molecule has 3 rings (SSSR count). The van der Waals surface area contributed by atoms with E-state index in [1.165, 1.54) is 4.90 Å². The number of aliphatic hydroxyl groups excluding tert-OH is 1. The van der Waals surface area contributed by atoms with E-state index < -0.39 is 14.4 Å². The van der Waals surface area contributed by atoms with Crippen molar-refractivity contribution in [3.8, 4) is 0 Å². The van der Waals surface area contributed by atoms with E-state index in [-0.39, 0.29) is 17.8 Å². The molecular formula is C21H27NO3Si. The molecule has 1 amide bonds. The summed E-state index contributed by atoms with van der Waals surface area (Å²) in [6.45, 7) is 6.47. The van der Waals surface area contributed by atoms with Crippen molar-refractivity contribution in [2.45, 2.75) is 51.0 Å². The van der Waals surface area contributed by atoms with E-state index >= 15 is 0 Å². The quantitative estimate of drug-likeness (QED) is 0.424. The number of rotatable bonds is 7. The van der Waals surface area contributed by atoms with Gasteiger partial charge < -0.3 is 9.53 Å². The van der Waals surface area contributed by atoms with Crippen LogP contribution in [0, 0.1) is 0 Å². The second kappa shape index (κ2) is 7.64. The number of hydrogen-bond donors (Lipinski definition) is 1. The topological polar surface area (TPSA) is 49.8 Å². The highest BCUT2D eigenvalue weighted by Gasteiger charge is 2.53. The summed E-state index contributed by atoms with van der Waals surface area (Å²) in [4.78, 5) is 14.4. The molecule has 2 aliphatic rings. The summed E-state index contributed by atoms with van der Waals surface area (Å²) in [6.07, 6.45) is 6.81. The Bertz CT molecular complexity index is 728. The Morgan fingerprint density at radius 3 is 2.19 bits per heavy atom. The Morgan fingerprint density at radius 2 is 1.65 bits per heavy atom. The van der Waals surface area contributed by atoms with E-state index in [9.17, 15) is 9.90 Å². The molecule has 1 fully saturated rings. The molecule has 26 heavy (non-hydrogen) atoms. The number of hydrogen-bond acceptors (Lipinski definition) is 3. The van der Waals surface area contributed by atoms with Crippen molar-refractivity contribution in [1.82, 2.24) is 4.90 Å². The van der Waals surface area contributed by atoms with Crippen LogP contribution in [0.25, 0.3) is 0 Å². The van der Waals surface area contributed by atoms with E-state index in [0.717, 1.165) is 23.7 Å². The third-order valence-corrected chi connectivity index (χ3v) is 10.3. The lowest BCUT2D eigenvalue weighted by molar-refractivity contribution is -0.164. The molecule has 0 bridgehead atoms. The predicted octanol–water partition coefficient (Wildman–Crippen LogP) is 4.86. The Morgan fingerprint density at radius 1 is 1.08 bits per heavy atom. The van der Waals surface area contributed by atoms with E-state index in [0.29, 0.717) is 5.57 Å². The zero-order chi connectivity index (χ0) is 18.7. The van der Waals surface area contributed by atoms with Gasteiger partial charge in [-0.3, -0.25) is 9.69 Å². The van der Waals surface area contributed by atoms with Gasteiger partial charge in [-0.25, -0.2) is 0 Å². The summed E-state index contributed by atoms with van der Waals surface area (Å²) in [6, 6.07) is 12.5. The summed E-state index contributed by atoms with van der Waals surface area (Å²) in [7, 11) is -1.94. The molecule has 1 N–H and O–H groups in total. The van der Waals surface area contributed by atoms with Crippen LogP contribution < -0.4 is 0 Å². The predicted molar refractivity (Wildman–Crippen MR) is 106 cm³/mol. The largest absolute Gasteiger partial charge is 0.494 e. The van der Waals surface area contributed by atoms with Crippen LogP contribution in [0.3, 0.4) is 0 Å². The SMILES string of the molecule is CC[Si](CC)(CC)O[C@H]1C(=O)N(C(O)=C2C=CC=C2)[C@H]1c1ccccc1. The normalized spacial score (nSPS) is 22.0. The summed E-state index contributed by atoms with van der Waals surface area (Å²) in [5.74, 6) is -0.143. The molecule has 1 aromatic rings. The van der Waals surface area contributed by atoms with Gasteiger partial charge in [-0.05, 0) is 35.8 Å². The smallest absolute Gasteiger partial charge is 0.260 e. The third kappa shape index (κ3) is 3.17. The number of nitrogens with zero attached hydrogens (tertiary/aromatic N) is 1. The summed E-state index contributed by atoms with van der Waals surface area (Å²) in [5.41, 5.74) is 1.64. The van der Waals surface area contributed by atoms with Gasteiger partial charge >= 0.3 is 0 Å². The first-order chi connectivity index (χ1) is 12.6. The Hall–Kier alpha value is -2.11. The minimum Gasteiger partial charge on any atom is -0.494 e. The molecule has 0 unspecified atom stereocenters. The minimum atomic E-state index is -1.94. The first-order valence-electron chi connectivity index (χ1n) is 9.40. The zero-order valence-electron chi connectivity index (χ0n) is 15.7. The second-order valence-corrected chi connectivity index (χ2v) is 11.6. The highest BCUT2D eigenvalue weighted by molar-refractivity contribution is 6.73. The molecule has 5 heteroatoms. The Labute approximate surface area is 156 Å². The van der Waals surface area contributed by atoms with Crippen molar-refractivity contribution in [1.29, 1.82) is 0 Å². The van der Waals surface area contributed by atoms with E-state index in [2.05, 4.69) is 20.8 Å². The molecule has 0 saturated carbocycles. The van der Waals surface area contributed by atoms with Gasteiger partial charge in [0.25, 0.3) is 5.91 Å². The van der Waals surface area contributed by atoms with Crippen molar-refractivity contribution in [2.75, 3.05) is 0 Å². The van der Waals surface area contributed by atoms with Crippen LogP contribution in [0.4, 0.5) is 0 Å². The monoisotopic (exact) mass is 369 g/mol. The number of aliphatic hydroxyl groups is 1. The van der Waals surface area contributed by atoms with Gasteiger partial charge in [0.05, 0.1) is 6.04 Å². The maximum atomic E-state index is 12.9. The van der Waals surface area contributed by atoms with Crippen LogP contribution in [0.15, 0.2) is 66.1 Å². The fraction of sp³-hybridized carbons (Fsp3) is 0.381. The van der Waals surface area contributed by atoms with E-state index in [1.807, 2.05) is 54.6 Å². The molecule has 1 saturated heterocycles. The molecule has 1 aromatic carbocycles. The lowest BCUT2D eigenvalue weighted by Gasteiger charge is -2.49. The lowest BCUT2D eigenvalue weighted by Crippen LogP contribution is -2.62. The number of β-lactam (4-membered cyclic amide) rings is 1. The average molecular weight is 370 g/mol. The number of benzene rings is 1. The number of likely N-dealkylation sites (tertiary alicyclic amines) is 1. The van der Waals surface area contributed by atoms with Gasteiger partial charge in [-0.15, -0.1) is 0 Å². The third-order valence-electron chi connectivity index (χ3n) is 5.65. The summed E-state index contributed by atoms with van der Waals surface area (Å²) in [5, 5.41) is 10.7. The van der Waals surface area contributed by atoms with Gasteiger partial charge in [0.2, 0.25) is 5.88 Å². The van der Waals surface area contributed by atoms with Crippen molar-refractivity contribution in [2.24, 2.45) is 0 Å². The molecule has 0 radical (unpaired) electrons. The molecule has 0 aromatic heterocycles. The second-order valence-electron chi connectivity index (χ2n) is 6.84. The minimum absolute atomic E-state index is 0.00506. The van der Waals surface area contributed by atoms with Crippen LogP contribution in [0.2, 0.25) is 18.1 Å². The standard InChI is InChI=1S/C21H27NO3Si/c1-4-26(5-2,6-3)25-19-18(16-12-8-7-9-13-16)22(21(19)24)20(23)17-14-10-11-15-17/h7-15,18-19,23H,4-6H2,1-3H3/t18-,19+/m0/s1. The van der Waals surface area contributed by atoms with Crippen molar-refractivity contribution >= 4 is 14.2 Å². The van der Waals surface area contributed by atoms with Crippen LogP contribution >= 0.6 is 0 Å². The molecule has 1 aliphatic carbocycles. The van der Waals surface area contributed by atoms with Gasteiger partial charge in [0, 0.05) is 5.57 Å². The molecule has 2 atom stereocenters. The Balaban J connectivity index is 1.95. The fourth-order valence-corrected chi connectivity index (χ4v) is 6.49. The first kappa shape index (κ1) is 18.7. The van der Waals surface area contributed by atoms with Gasteiger partial charge in [-0.1, -0.05) is 63.3 Å². The zero-order valence-corrected chi connectivity index (χ0v) is 16.7. The maximum Gasteiger partial charge on any atom is 0.260 e. The fourth-order valence-electron chi connectivity index (χ4n) is 3.72. The molecule has 4 nitrogen and oxygen atoms in total. The van der Waals surface area contributed by atoms with Crippen LogP contribution in [-0.2, 0) is 9.22 Å². The number of amides is 1. The van der Waals surface area contributed by atoms with Crippen molar-refractivity contribution < 1.29 is 14.3 Å². The number of carbonyl (C=O) groups excluding carboxylic acids is 1. The van der Waals surface area contributed by atoms with E-state index in [4.69, 9.17) is 4.43 Å². The number of carbonyl (C=O) groups is 1. The Kier molecular flexibility index (Phi) is 5.49. The highest BCUT2D eigenvalue weighted by atomic mass is 28.4. The molecule has 0 spiro atoms. The number of allylic oxidation sites excluding steroid dienone is 5. The maximum absolute atomic E-state index is 12.9. The van der Waals surface area contributed by atoms with Gasteiger partial charge in [-0.2, -0.15) is 0 Å². The van der Waals surface area contributed by atoms with Crippen LogP contribution in [-0.4, -0.2) is 30.3 Å². The van der Waals surface area contributed by atoms with Crippen molar-refractivity contribution in [3.05, 3.63) is 71.7 Å². The summed E-state index contributed by atoms with van der Waals surface area (Å²) < 4.78 is 6.52. The lowest BCUT2D eigenvalue weighted by atomic mass is 9.90. The first-order valence-corrected chi connectivity index (χ1v) is 11.9. The average Bonchev–Trinajstić information content (AvgIpc) is 3.22. The molecule has 1 aliphatic heterocycles. The van der Waals surface area contributed by atoms with Gasteiger partial charge in [0.15, 0.2) is 14.4 Å². The van der Waals surface area contributed by atoms with Crippen molar-refractivity contribution in [3.63, 3.8) is 0 Å². The summed E-state index contributed by atoms with van der Waals surface area (Å²) >= 11 is 0. The van der Waals surface area contributed by atoms with Crippen LogP contribution in [0.1, 0.15) is 32.4 Å². The molecule has 138 valence electrons. The molecular weight excluding hydrogens is 342 g/mol. The van der Waals surface area contributed by atoms with E-state index in [1.54, 1.807) is 0 Å². The highest BCUT2D eigenvalue weighted by Crippen LogP contribution is 2.43. The van der Waals surface area contributed by atoms with Gasteiger partial charge in [0.1, 0.15) is 0 Å². The molecule has 1 heterocycles. The van der Waals surface area contributed by atoms with Crippen LogP contribution in [0.5, 0.6) is 0 Å².